The maximum Gasteiger partial charge on any atom is 0.419 e. The molecule has 0 radical (unpaired) electrons. The van der Waals surface area contributed by atoms with Crippen molar-refractivity contribution in [1.29, 1.82) is 5.26 Å². The van der Waals surface area contributed by atoms with Crippen molar-refractivity contribution < 1.29 is 17.9 Å². The maximum absolute atomic E-state index is 13.2. The molecular formula is C17H21F3N4O. The van der Waals surface area contributed by atoms with E-state index in [4.69, 9.17) is 4.74 Å². The van der Waals surface area contributed by atoms with E-state index in [0.717, 1.165) is 19.3 Å². The number of alkyl halides is 3. The Morgan fingerprint density at radius 1 is 1.28 bits per heavy atom. The molecule has 25 heavy (non-hydrogen) atoms. The van der Waals surface area contributed by atoms with Crippen molar-refractivity contribution >= 4 is 5.82 Å². The van der Waals surface area contributed by atoms with Gasteiger partial charge in [-0.15, -0.1) is 0 Å². The van der Waals surface area contributed by atoms with Crippen LogP contribution >= 0.6 is 0 Å². The number of pyridine rings is 1. The van der Waals surface area contributed by atoms with Gasteiger partial charge in [-0.2, -0.15) is 18.4 Å². The summed E-state index contributed by atoms with van der Waals surface area (Å²) in [5.74, 6) is 0.445. The number of piperazine rings is 1. The van der Waals surface area contributed by atoms with E-state index in [2.05, 4.69) is 30.7 Å². The summed E-state index contributed by atoms with van der Waals surface area (Å²) in [4.78, 5) is 8.40. The van der Waals surface area contributed by atoms with Gasteiger partial charge in [-0.1, -0.05) is 0 Å². The molecule has 1 aromatic rings. The second kappa shape index (κ2) is 6.15. The summed E-state index contributed by atoms with van der Waals surface area (Å²) in [6.45, 7) is 8.94. The average Bonchev–Trinajstić information content (AvgIpc) is 2.70. The van der Waals surface area contributed by atoms with E-state index in [1.165, 1.54) is 0 Å². The Morgan fingerprint density at radius 2 is 2.00 bits per heavy atom. The van der Waals surface area contributed by atoms with E-state index in [1.54, 1.807) is 6.07 Å². The van der Waals surface area contributed by atoms with Crippen molar-refractivity contribution in [2.75, 3.05) is 31.1 Å². The third kappa shape index (κ3) is 3.31. The van der Waals surface area contributed by atoms with E-state index in [1.807, 2.05) is 4.90 Å². The Hall–Kier alpha value is -1.85. The van der Waals surface area contributed by atoms with Gasteiger partial charge in [0.05, 0.1) is 30.4 Å². The molecule has 1 atom stereocenters. The van der Waals surface area contributed by atoms with Crippen LogP contribution in [0.3, 0.4) is 0 Å². The zero-order valence-corrected chi connectivity index (χ0v) is 14.5. The van der Waals surface area contributed by atoms with Crippen LogP contribution in [0, 0.1) is 11.3 Å². The topological polar surface area (TPSA) is 52.4 Å². The van der Waals surface area contributed by atoms with Crippen LogP contribution in [0.1, 0.15) is 37.5 Å². The first kappa shape index (κ1) is 18.0. The highest BCUT2D eigenvalue weighted by atomic mass is 19.4. The van der Waals surface area contributed by atoms with Crippen LogP contribution in [0.5, 0.6) is 0 Å². The van der Waals surface area contributed by atoms with Crippen molar-refractivity contribution in [2.45, 2.75) is 45.1 Å². The molecule has 1 saturated heterocycles. The lowest BCUT2D eigenvalue weighted by molar-refractivity contribution is -0.138. The summed E-state index contributed by atoms with van der Waals surface area (Å²) >= 11 is 0. The molecule has 0 unspecified atom stereocenters. The minimum Gasteiger partial charge on any atom is -0.374 e. The van der Waals surface area contributed by atoms with Gasteiger partial charge in [0.25, 0.3) is 0 Å². The van der Waals surface area contributed by atoms with Crippen molar-refractivity contribution in [3.8, 4) is 6.07 Å². The number of hydrogen-bond donors (Lipinski definition) is 0. The third-order valence-corrected chi connectivity index (χ3v) is 4.83. The number of ether oxygens (including phenoxy) is 1. The van der Waals surface area contributed by atoms with Crippen LogP contribution in [-0.4, -0.2) is 47.7 Å². The Morgan fingerprint density at radius 3 is 2.60 bits per heavy atom. The van der Waals surface area contributed by atoms with E-state index in [0.29, 0.717) is 19.0 Å². The average molecular weight is 354 g/mol. The normalized spacial score (nSPS) is 22.0. The Bertz CT molecular complexity index is 706. The van der Waals surface area contributed by atoms with Gasteiger partial charge in [-0.05, 0) is 20.8 Å². The van der Waals surface area contributed by atoms with Crippen LogP contribution in [0.25, 0.3) is 0 Å². The number of halogens is 3. The van der Waals surface area contributed by atoms with E-state index in [-0.39, 0.29) is 29.3 Å². The smallest absolute Gasteiger partial charge is 0.374 e. The molecule has 1 aromatic heterocycles. The highest BCUT2D eigenvalue weighted by molar-refractivity contribution is 5.59. The van der Waals surface area contributed by atoms with Gasteiger partial charge in [-0.25, -0.2) is 4.98 Å². The fourth-order valence-electron chi connectivity index (χ4n) is 3.45. The van der Waals surface area contributed by atoms with Gasteiger partial charge >= 0.3 is 6.18 Å². The summed E-state index contributed by atoms with van der Waals surface area (Å²) in [5.41, 5.74) is -1.13. The van der Waals surface area contributed by atoms with Crippen LogP contribution in [0.4, 0.5) is 19.0 Å². The molecule has 8 heteroatoms. The second-order valence-corrected chi connectivity index (χ2v) is 7.44. The molecule has 0 aliphatic carbocycles. The molecule has 136 valence electrons. The number of rotatable bonds is 0. The quantitative estimate of drug-likeness (QED) is 0.717. The van der Waals surface area contributed by atoms with Gasteiger partial charge in [0.15, 0.2) is 0 Å². The molecule has 2 aliphatic rings. The predicted molar refractivity (Wildman–Crippen MR) is 86.1 cm³/mol. The zero-order chi connectivity index (χ0) is 18.4. The Balaban J connectivity index is 2.00. The Labute approximate surface area is 145 Å². The highest BCUT2D eigenvalue weighted by Gasteiger charge is 2.40. The fraction of sp³-hybridized carbons (Fsp3) is 0.647. The van der Waals surface area contributed by atoms with Crippen LogP contribution in [-0.2, 0) is 17.5 Å². The first-order valence-electron chi connectivity index (χ1n) is 8.21. The molecule has 0 saturated carbocycles. The fourth-order valence-corrected chi connectivity index (χ4v) is 3.45. The lowest BCUT2D eigenvalue weighted by atomic mass is 10.0. The molecule has 3 rings (SSSR count). The number of hydrogen-bond acceptors (Lipinski definition) is 5. The Kier molecular flexibility index (Phi) is 4.41. The summed E-state index contributed by atoms with van der Waals surface area (Å²) in [5, 5.41) is 9.31. The van der Waals surface area contributed by atoms with Crippen LogP contribution < -0.4 is 4.90 Å². The molecule has 0 bridgehead atoms. The molecule has 0 N–H and O–H groups in total. The molecule has 1 fully saturated rings. The van der Waals surface area contributed by atoms with Crippen LogP contribution in [0.15, 0.2) is 6.20 Å². The highest BCUT2D eigenvalue weighted by Crippen LogP contribution is 2.37. The van der Waals surface area contributed by atoms with Crippen molar-refractivity contribution in [3.05, 3.63) is 22.9 Å². The summed E-state index contributed by atoms with van der Waals surface area (Å²) < 4.78 is 45.1. The first-order chi connectivity index (χ1) is 11.6. The van der Waals surface area contributed by atoms with Crippen molar-refractivity contribution in [1.82, 2.24) is 9.88 Å². The van der Waals surface area contributed by atoms with Gasteiger partial charge in [0.1, 0.15) is 11.9 Å². The lowest BCUT2D eigenvalue weighted by Gasteiger charge is -2.46. The summed E-state index contributed by atoms with van der Waals surface area (Å²) in [6, 6.07) is 1.71. The SMILES string of the molecule is CC(C)(C)N1CCN2c3ncc(C(F)(F)F)c(C#N)c3COC[C@H]2C1. The number of nitriles is 1. The van der Waals surface area contributed by atoms with Gasteiger partial charge in [-0.3, -0.25) is 4.90 Å². The zero-order valence-electron chi connectivity index (χ0n) is 14.5. The second-order valence-electron chi connectivity index (χ2n) is 7.44. The number of nitrogens with zero attached hydrogens (tertiary/aromatic N) is 4. The number of anilines is 1. The van der Waals surface area contributed by atoms with E-state index in [9.17, 15) is 18.4 Å². The maximum atomic E-state index is 13.2. The molecule has 0 spiro atoms. The molecule has 5 nitrogen and oxygen atoms in total. The monoisotopic (exact) mass is 354 g/mol. The van der Waals surface area contributed by atoms with E-state index >= 15 is 0 Å². The van der Waals surface area contributed by atoms with Gasteiger partial charge in [0, 0.05) is 36.9 Å². The van der Waals surface area contributed by atoms with E-state index < -0.39 is 11.7 Å². The standard InChI is InChI=1S/C17H21F3N4O/c1-16(2,3)23-4-5-24-11(8-23)9-25-10-13-12(6-21)14(17(18,19)20)7-22-15(13)24/h7,11H,4-5,8-10H2,1-3H3/t11-/m1/s1. The van der Waals surface area contributed by atoms with Crippen LogP contribution in [0.2, 0.25) is 0 Å². The summed E-state index contributed by atoms with van der Waals surface area (Å²) in [7, 11) is 0. The molecular weight excluding hydrogens is 333 g/mol. The van der Waals surface area contributed by atoms with Gasteiger partial charge in [0.2, 0.25) is 0 Å². The molecule has 2 aliphatic heterocycles. The van der Waals surface area contributed by atoms with Crippen molar-refractivity contribution in [3.63, 3.8) is 0 Å². The minimum atomic E-state index is -4.61. The molecule has 0 aromatic carbocycles. The predicted octanol–water partition coefficient (Wildman–Crippen LogP) is 2.79. The molecule has 3 heterocycles. The largest absolute Gasteiger partial charge is 0.419 e. The van der Waals surface area contributed by atoms with Crippen molar-refractivity contribution in [2.24, 2.45) is 0 Å². The summed E-state index contributed by atoms with van der Waals surface area (Å²) in [6.07, 6.45) is -3.83. The lowest BCUT2D eigenvalue weighted by Crippen LogP contribution is -2.59. The molecule has 0 amide bonds. The number of aromatic nitrogens is 1. The van der Waals surface area contributed by atoms with Gasteiger partial charge < -0.3 is 9.64 Å². The first-order valence-corrected chi connectivity index (χ1v) is 8.21. The number of fused-ring (bicyclic) bond motifs is 3. The minimum absolute atomic E-state index is 0.00463. The third-order valence-electron chi connectivity index (χ3n) is 4.83.